The van der Waals surface area contributed by atoms with Gasteiger partial charge in [-0.05, 0) is 19.8 Å². The van der Waals surface area contributed by atoms with Crippen LogP contribution in [0.1, 0.15) is 18.5 Å². The number of aryl methyl sites for hydroxylation is 1. The standard InChI is InChI=1S/C12H20N4O3S/c1-9-11(7-14-15(9)3)20(18,19)16-6-4-5-10(8-16)12(17)13-2/h7,10H,4-6,8H2,1-3H3,(H,13,17)/t10-/m0/s1. The van der Waals surface area contributed by atoms with Crippen LogP contribution < -0.4 is 5.32 Å². The molecule has 1 amide bonds. The van der Waals surface area contributed by atoms with Gasteiger partial charge in [0.05, 0.1) is 17.8 Å². The van der Waals surface area contributed by atoms with E-state index in [2.05, 4.69) is 10.4 Å². The van der Waals surface area contributed by atoms with Gasteiger partial charge in [-0.2, -0.15) is 9.40 Å². The Hall–Kier alpha value is -1.41. The fourth-order valence-electron chi connectivity index (χ4n) is 2.45. The Kier molecular flexibility index (Phi) is 4.14. The molecule has 0 saturated carbocycles. The molecular formula is C12H20N4O3S. The van der Waals surface area contributed by atoms with E-state index in [4.69, 9.17) is 0 Å². The van der Waals surface area contributed by atoms with E-state index in [1.165, 1.54) is 15.2 Å². The molecule has 1 saturated heterocycles. The lowest BCUT2D eigenvalue weighted by molar-refractivity contribution is -0.125. The summed E-state index contributed by atoms with van der Waals surface area (Å²) in [5.74, 6) is -0.381. The van der Waals surface area contributed by atoms with Crippen molar-refractivity contribution in [2.24, 2.45) is 13.0 Å². The van der Waals surface area contributed by atoms with Crippen LogP contribution in [-0.4, -0.2) is 48.5 Å². The van der Waals surface area contributed by atoms with Crippen LogP contribution in [0, 0.1) is 12.8 Å². The van der Waals surface area contributed by atoms with Crippen molar-refractivity contribution in [2.75, 3.05) is 20.1 Å². The van der Waals surface area contributed by atoms with Gasteiger partial charge in [0.2, 0.25) is 15.9 Å². The normalized spacial score (nSPS) is 20.9. The van der Waals surface area contributed by atoms with Gasteiger partial charge >= 0.3 is 0 Å². The zero-order chi connectivity index (χ0) is 14.9. The minimum Gasteiger partial charge on any atom is -0.359 e. The van der Waals surface area contributed by atoms with Gasteiger partial charge < -0.3 is 5.32 Å². The maximum atomic E-state index is 12.6. The zero-order valence-electron chi connectivity index (χ0n) is 12.0. The molecule has 20 heavy (non-hydrogen) atoms. The molecule has 0 spiro atoms. The molecule has 2 heterocycles. The quantitative estimate of drug-likeness (QED) is 0.843. The summed E-state index contributed by atoms with van der Waals surface area (Å²) in [6.45, 7) is 2.40. The van der Waals surface area contributed by atoms with Crippen LogP contribution in [0.3, 0.4) is 0 Å². The smallest absolute Gasteiger partial charge is 0.246 e. The summed E-state index contributed by atoms with van der Waals surface area (Å²) in [7, 11) is -0.300. The molecule has 8 heteroatoms. The highest BCUT2D eigenvalue weighted by atomic mass is 32.2. The van der Waals surface area contributed by atoms with E-state index in [1.807, 2.05) is 0 Å². The predicted molar refractivity (Wildman–Crippen MR) is 73.5 cm³/mol. The second-order valence-corrected chi connectivity index (χ2v) is 6.94. The number of carbonyl (C=O) groups is 1. The molecule has 1 aromatic heterocycles. The van der Waals surface area contributed by atoms with Gasteiger partial charge in [0.25, 0.3) is 0 Å². The van der Waals surface area contributed by atoms with Crippen molar-refractivity contribution < 1.29 is 13.2 Å². The lowest BCUT2D eigenvalue weighted by Gasteiger charge is -2.30. The molecule has 1 N–H and O–H groups in total. The summed E-state index contributed by atoms with van der Waals surface area (Å²) in [5.41, 5.74) is 0.604. The number of sulfonamides is 1. The molecule has 7 nitrogen and oxygen atoms in total. The first-order valence-electron chi connectivity index (χ1n) is 6.58. The summed E-state index contributed by atoms with van der Waals surface area (Å²) >= 11 is 0. The van der Waals surface area contributed by atoms with E-state index < -0.39 is 10.0 Å². The summed E-state index contributed by atoms with van der Waals surface area (Å²) in [6.07, 6.45) is 2.78. The third-order valence-corrected chi connectivity index (χ3v) is 5.78. The molecule has 1 aromatic rings. The average Bonchev–Trinajstić information content (AvgIpc) is 2.79. The molecule has 0 unspecified atom stereocenters. The van der Waals surface area contributed by atoms with E-state index >= 15 is 0 Å². The van der Waals surface area contributed by atoms with Crippen molar-refractivity contribution in [3.05, 3.63) is 11.9 Å². The Balaban J connectivity index is 2.26. The predicted octanol–water partition coefficient (Wildman–Crippen LogP) is -0.125. The molecule has 0 aromatic carbocycles. The van der Waals surface area contributed by atoms with Crippen molar-refractivity contribution >= 4 is 15.9 Å². The summed E-state index contributed by atoms with van der Waals surface area (Å²) < 4.78 is 28.2. The Labute approximate surface area is 119 Å². The lowest BCUT2D eigenvalue weighted by Crippen LogP contribution is -2.44. The molecule has 2 rings (SSSR count). The molecule has 0 radical (unpaired) electrons. The number of carbonyl (C=O) groups excluding carboxylic acids is 1. The van der Waals surface area contributed by atoms with Gasteiger partial charge in [0.1, 0.15) is 4.90 Å². The first kappa shape index (κ1) is 15.0. The first-order valence-corrected chi connectivity index (χ1v) is 8.02. The monoisotopic (exact) mass is 300 g/mol. The van der Waals surface area contributed by atoms with Gasteiger partial charge in [-0.25, -0.2) is 8.42 Å². The van der Waals surface area contributed by atoms with Gasteiger partial charge in [0.15, 0.2) is 0 Å². The molecule has 1 atom stereocenters. The number of hydrogen-bond donors (Lipinski definition) is 1. The second kappa shape index (κ2) is 5.53. The Bertz CT molecular complexity index is 608. The van der Waals surface area contributed by atoms with E-state index in [0.29, 0.717) is 18.7 Å². The Morgan fingerprint density at radius 2 is 2.20 bits per heavy atom. The highest BCUT2D eigenvalue weighted by Gasteiger charge is 2.34. The van der Waals surface area contributed by atoms with Crippen LogP contribution in [0.4, 0.5) is 0 Å². The number of hydrogen-bond acceptors (Lipinski definition) is 4. The van der Waals surface area contributed by atoms with Gasteiger partial charge in [-0.1, -0.05) is 0 Å². The zero-order valence-corrected chi connectivity index (χ0v) is 12.8. The van der Waals surface area contributed by atoms with Crippen molar-refractivity contribution in [1.29, 1.82) is 0 Å². The van der Waals surface area contributed by atoms with Gasteiger partial charge in [-0.3, -0.25) is 9.48 Å². The largest absolute Gasteiger partial charge is 0.359 e. The third kappa shape index (κ3) is 2.57. The van der Waals surface area contributed by atoms with Gasteiger partial charge in [-0.15, -0.1) is 0 Å². The maximum absolute atomic E-state index is 12.6. The van der Waals surface area contributed by atoms with Crippen LogP contribution in [-0.2, 0) is 21.9 Å². The third-order valence-electron chi connectivity index (χ3n) is 3.81. The highest BCUT2D eigenvalue weighted by Crippen LogP contribution is 2.25. The van der Waals surface area contributed by atoms with Crippen LogP contribution in [0.15, 0.2) is 11.1 Å². The Morgan fingerprint density at radius 1 is 1.50 bits per heavy atom. The molecule has 112 valence electrons. The van der Waals surface area contributed by atoms with Crippen molar-refractivity contribution in [3.8, 4) is 0 Å². The number of nitrogens with zero attached hydrogens (tertiary/aromatic N) is 3. The first-order chi connectivity index (χ1) is 9.37. The molecule has 0 bridgehead atoms. The number of rotatable bonds is 3. The number of piperidine rings is 1. The summed E-state index contributed by atoms with van der Waals surface area (Å²) in [4.78, 5) is 11.9. The second-order valence-electron chi connectivity index (χ2n) is 5.03. The van der Waals surface area contributed by atoms with Crippen LogP contribution in [0.5, 0.6) is 0 Å². The Morgan fingerprint density at radius 3 is 2.75 bits per heavy atom. The van der Waals surface area contributed by atoms with Crippen molar-refractivity contribution in [1.82, 2.24) is 19.4 Å². The molecular weight excluding hydrogens is 280 g/mol. The van der Waals surface area contributed by atoms with Gasteiger partial charge in [0, 0.05) is 27.2 Å². The lowest BCUT2D eigenvalue weighted by atomic mass is 9.99. The van der Waals surface area contributed by atoms with Crippen LogP contribution in [0.2, 0.25) is 0 Å². The average molecular weight is 300 g/mol. The minimum absolute atomic E-state index is 0.104. The topological polar surface area (TPSA) is 84.3 Å². The molecule has 1 fully saturated rings. The molecule has 0 aliphatic carbocycles. The maximum Gasteiger partial charge on any atom is 0.246 e. The number of amides is 1. The fraction of sp³-hybridized carbons (Fsp3) is 0.667. The van der Waals surface area contributed by atoms with Crippen molar-refractivity contribution in [3.63, 3.8) is 0 Å². The number of nitrogens with one attached hydrogen (secondary N) is 1. The molecule has 1 aliphatic rings. The van der Waals surface area contributed by atoms with E-state index in [-0.39, 0.29) is 23.3 Å². The van der Waals surface area contributed by atoms with Crippen LogP contribution in [0.25, 0.3) is 0 Å². The molecule has 1 aliphatic heterocycles. The van der Waals surface area contributed by atoms with Crippen LogP contribution >= 0.6 is 0 Å². The van der Waals surface area contributed by atoms with E-state index in [9.17, 15) is 13.2 Å². The summed E-state index contributed by atoms with van der Waals surface area (Å²) in [6, 6.07) is 0. The van der Waals surface area contributed by atoms with E-state index in [0.717, 1.165) is 6.42 Å². The minimum atomic E-state index is -3.58. The number of aromatic nitrogens is 2. The van der Waals surface area contributed by atoms with Crippen molar-refractivity contribution in [2.45, 2.75) is 24.7 Å². The fourth-order valence-corrected chi connectivity index (χ4v) is 4.16. The van der Waals surface area contributed by atoms with E-state index in [1.54, 1.807) is 21.0 Å². The summed E-state index contributed by atoms with van der Waals surface area (Å²) in [5, 5.41) is 6.56. The highest BCUT2D eigenvalue weighted by molar-refractivity contribution is 7.89. The SMILES string of the molecule is CNC(=O)[C@H]1CCCN(S(=O)(=O)c2cnn(C)c2C)C1.